The Balaban J connectivity index is 1.86. The predicted molar refractivity (Wildman–Crippen MR) is 121 cm³/mol. The lowest BCUT2D eigenvalue weighted by Gasteiger charge is -2.22. The van der Waals surface area contributed by atoms with Gasteiger partial charge in [-0.1, -0.05) is 62.2 Å². The molecule has 0 saturated carbocycles. The summed E-state index contributed by atoms with van der Waals surface area (Å²) in [4.78, 5) is 12.7. The number of rotatable bonds is 7. The van der Waals surface area contributed by atoms with Crippen LogP contribution < -0.4 is 5.32 Å². The zero-order valence-electron chi connectivity index (χ0n) is 15.6. The Morgan fingerprint density at radius 1 is 0.933 bits per heavy atom. The average Bonchev–Trinajstić information content (AvgIpc) is 2.72. The second-order valence-corrected chi connectivity index (χ2v) is 10.2. The molecular weight excluding hydrogens is 539 g/mol. The fourth-order valence-corrected chi connectivity index (χ4v) is 4.70. The van der Waals surface area contributed by atoms with E-state index in [0.29, 0.717) is 10.0 Å². The lowest BCUT2D eigenvalue weighted by atomic mass is 10.2. The van der Waals surface area contributed by atoms with Gasteiger partial charge in [0.1, 0.15) is 5.82 Å². The van der Waals surface area contributed by atoms with Gasteiger partial charge in [-0.05, 0) is 48.0 Å². The Morgan fingerprint density at radius 3 is 2.20 bits per heavy atom. The van der Waals surface area contributed by atoms with Gasteiger partial charge in [-0.2, -0.15) is 4.31 Å². The molecule has 1 amide bonds. The van der Waals surface area contributed by atoms with Crippen LogP contribution in [0.15, 0.2) is 86.6 Å². The van der Waals surface area contributed by atoms with Crippen LogP contribution in [0.1, 0.15) is 5.56 Å². The van der Waals surface area contributed by atoms with Crippen molar-refractivity contribution in [2.75, 3.05) is 11.9 Å². The summed E-state index contributed by atoms with van der Waals surface area (Å²) in [5.74, 6) is -1.27. The fourth-order valence-electron chi connectivity index (χ4n) is 2.70. The van der Waals surface area contributed by atoms with Crippen molar-refractivity contribution in [1.82, 2.24) is 4.31 Å². The summed E-state index contributed by atoms with van der Waals surface area (Å²) in [5.41, 5.74) is 0.684. The number of hydrogen-bond acceptors (Lipinski definition) is 3. The molecular formula is C21H17Br2FN2O3S. The Hall–Kier alpha value is -2.07. The molecule has 3 rings (SSSR count). The quantitative estimate of drug-likeness (QED) is 0.437. The summed E-state index contributed by atoms with van der Waals surface area (Å²) in [6.45, 7) is -0.483. The van der Waals surface area contributed by atoms with Crippen molar-refractivity contribution in [3.8, 4) is 0 Å². The van der Waals surface area contributed by atoms with Crippen molar-refractivity contribution in [2.45, 2.75) is 11.4 Å². The Morgan fingerprint density at radius 2 is 1.57 bits per heavy atom. The molecule has 0 radical (unpaired) electrons. The van der Waals surface area contributed by atoms with Crippen LogP contribution in [0.5, 0.6) is 0 Å². The highest BCUT2D eigenvalue weighted by Gasteiger charge is 2.27. The van der Waals surface area contributed by atoms with Crippen molar-refractivity contribution in [3.63, 3.8) is 0 Å². The fraction of sp³-hybridized carbons (Fsp3) is 0.0952. The van der Waals surface area contributed by atoms with E-state index < -0.39 is 28.3 Å². The van der Waals surface area contributed by atoms with E-state index in [9.17, 15) is 17.6 Å². The third kappa shape index (κ3) is 5.75. The molecule has 0 aliphatic rings. The molecule has 0 aliphatic carbocycles. The van der Waals surface area contributed by atoms with Crippen LogP contribution >= 0.6 is 31.9 Å². The monoisotopic (exact) mass is 554 g/mol. The third-order valence-electron chi connectivity index (χ3n) is 4.18. The van der Waals surface area contributed by atoms with E-state index in [0.717, 1.165) is 8.78 Å². The Kier molecular flexibility index (Phi) is 7.41. The van der Waals surface area contributed by atoms with Gasteiger partial charge >= 0.3 is 0 Å². The SMILES string of the molecule is O=C(CN(Cc1ccc(Br)cc1)S(=O)(=O)c1ccccc1)Nc1ccc(Br)cc1F. The highest BCUT2D eigenvalue weighted by Crippen LogP contribution is 2.22. The summed E-state index contributed by atoms with van der Waals surface area (Å²) >= 11 is 6.50. The molecule has 0 atom stereocenters. The van der Waals surface area contributed by atoms with Gasteiger partial charge in [0.05, 0.1) is 17.1 Å². The maximum atomic E-state index is 14.1. The first kappa shape index (κ1) is 22.6. The van der Waals surface area contributed by atoms with Crippen LogP contribution in [-0.2, 0) is 21.4 Å². The van der Waals surface area contributed by atoms with Gasteiger partial charge in [-0.25, -0.2) is 12.8 Å². The van der Waals surface area contributed by atoms with E-state index in [1.807, 2.05) is 0 Å². The minimum Gasteiger partial charge on any atom is -0.322 e. The zero-order valence-corrected chi connectivity index (χ0v) is 19.5. The largest absolute Gasteiger partial charge is 0.322 e. The van der Waals surface area contributed by atoms with Crippen LogP contribution in [0.2, 0.25) is 0 Å². The van der Waals surface area contributed by atoms with E-state index >= 15 is 0 Å². The van der Waals surface area contributed by atoms with Crippen LogP contribution in [0, 0.1) is 5.82 Å². The normalized spacial score (nSPS) is 11.5. The van der Waals surface area contributed by atoms with Crippen molar-refractivity contribution < 1.29 is 17.6 Å². The smallest absolute Gasteiger partial charge is 0.243 e. The van der Waals surface area contributed by atoms with Gasteiger partial charge in [0.25, 0.3) is 0 Å². The minimum absolute atomic E-state index is 0.0131. The molecule has 0 spiro atoms. The molecule has 0 aromatic heterocycles. The van der Waals surface area contributed by atoms with Crippen molar-refractivity contribution in [2.24, 2.45) is 0 Å². The highest BCUT2D eigenvalue weighted by atomic mass is 79.9. The summed E-state index contributed by atoms with van der Waals surface area (Å²) in [7, 11) is -3.95. The molecule has 3 aromatic rings. The topological polar surface area (TPSA) is 66.5 Å². The number of carbonyl (C=O) groups is 1. The Labute approximate surface area is 191 Å². The van der Waals surface area contributed by atoms with Crippen molar-refractivity contribution in [3.05, 3.63) is 93.1 Å². The molecule has 156 valence electrons. The first-order chi connectivity index (χ1) is 14.3. The number of benzene rings is 3. The number of anilines is 1. The van der Waals surface area contributed by atoms with E-state index in [1.54, 1.807) is 48.5 Å². The number of nitrogens with zero attached hydrogens (tertiary/aromatic N) is 1. The minimum atomic E-state index is -3.95. The predicted octanol–water partition coefficient (Wildman–Crippen LogP) is 5.18. The lowest BCUT2D eigenvalue weighted by Crippen LogP contribution is -2.37. The molecule has 1 N–H and O–H groups in total. The van der Waals surface area contributed by atoms with E-state index in [2.05, 4.69) is 37.2 Å². The maximum absolute atomic E-state index is 14.1. The van der Waals surface area contributed by atoms with E-state index in [-0.39, 0.29) is 17.1 Å². The molecule has 9 heteroatoms. The van der Waals surface area contributed by atoms with Gasteiger partial charge in [0, 0.05) is 15.5 Å². The van der Waals surface area contributed by atoms with Crippen LogP contribution in [0.4, 0.5) is 10.1 Å². The number of carbonyl (C=O) groups excluding carboxylic acids is 1. The summed E-state index contributed by atoms with van der Waals surface area (Å²) in [6, 6.07) is 19.2. The molecule has 0 saturated heterocycles. The van der Waals surface area contributed by atoms with Gasteiger partial charge in [0.2, 0.25) is 15.9 Å². The molecule has 0 unspecified atom stereocenters. The summed E-state index contributed by atoms with van der Waals surface area (Å²) in [6.07, 6.45) is 0. The second kappa shape index (κ2) is 9.82. The third-order valence-corrected chi connectivity index (χ3v) is 7.01. The molecule has 3 aromatic carbocycles. The Bertz CT molecular complexity index is 1140. The summed E-state index contributed by atoms with van der Waals surface area (Å²) < 4.78 is 42.8. The molecule has 30 heavy (non-hydrogen) atoms. The van der Waals surface area contributed by atoms with Crippen molar-refractivity contribution >= 4 is 53.5 Å². The second-order valence-electron chi connectivity index (χ2n) is 6.38. The molecule has 0 bridgehead atoms. The first-order valence-corrected chi connectivity index (χ1v) is 11.8. The standard InChI is InChI=1S/C21H17Br2FN2O3S/c22-16-8-6-15(7-9-16)13-26(30(28,29)18-4-2-1-3-5-18)14-21(27)25-20-11-10-17(23)12-19(20)24/h1-12H,13-14H2,(H,25,27). The maximum Gasteiger partial charge on any atom is 0.243 e. The van der Waals surface area contributed by atoms with Gasteiger partial charge < -0.3 is 5.32 Å². The first-order valence-electron chi connectivity index (χ1n) is 8.80. The number of sulfonamides is 1. The number of halogens is 3. The molecule has 5 nitrogen and oxygen atoms in total. The van der Waals surface area contributed by atoms with E-state index in [1.165, 1.54) is 24.3 Å². The van der Waals surface area contributed by atoms with Crippen LogP contribution in [0.3, 0.4) is 0 Å². The number of hydrogen-bond donors (Lipinski definition) is 1. The molecule has 0 heterocycles. The summed E-state index contributed by atoms with van der Waals surface area (Å²) in [5, 5.41) is 2.44. The number of amides is 1. The number of nitrogens with one attached hydrogen (secondary N) is 1. The lowest BCUT2D eigenvalue weighted by molar-refractivity contribution is -0.116. The van der Waals surface area contributed by atoms with Gasteiger partial charge in [0.15, 0.2) is 0 Å². The van der Waals surface area contributed by atoms with Gasteiger partial charge in [-0.15, -0.1) is 0 Å². The molecule has 0 aliphatic heterocycles. The van der Waals surface area contributed by atoms with Gasteiger partial charge in [-0.3, -0.25) is 4.79 Å². The molecule has 0 fully saturated rings. The zero-order chi connectivity index (χ0) is 21.7. The van der Waals surface area contributed by atoms with Crippen LogP contribution in [0.25, 0.3) is 0 Å². The highest BCUT2D eigenvalue weighted by molar-refractivity contribution is 9.10. The van der Waals surface area contributed by atoms with Crippen molar-refractivity contribution in [1.29, 1.82) is 0 Å². The van der Waals surface area contributed by atoms with E-state index in [4.69, 9.17) is 0 Å². The van der Waals surface area contributed by atoms with Crippen LogP contribution in [-0.4, -0.2) is 25.2 Å². The average molecular weight is 556 g/mol.